The summed E-state index contributed by atoms with van der Waals surface area (Å²) in [5.74, 6) is 0.255. The van der Waals surface area contributed by atoms with E-state index in [0.717, 1.165) is 5.56 Å². The Kier molecular flexibility index (Phi) is 3.66. The fourth-order valence-electron chi connectivity index (χ4n) is 1.33. The molecule has 0 aliphatic rings. The van der Waals surface area contributed by atoms with Crippen molar-refractivity contribution in [3.8, 4) is 0 Å². The largest absolute Gasteiger partial charge is 0.408 e. The normalized spacial score (nSPS) is 10.5. The second-order valence-corrected chi connectivity index (χ2v) is 3.52. The van der Waals surface area contributed by atoms with Gasteiger partial charge in [-0.1, -0.05) is 17.2 Å². The number of nitrogens with one attached hydrogen (secondary N) is 1. The molecule has 0 radical (unpaired) electrons. The van der Waals surface area contributed by atoms with Gasteiger partial charge < -0.3 is 15.5 Å². The molecule has 0 atom stereocenters. The van der Waals surface area contributed by atoms with Crippen LogP contribution in [0.4, 0.5) is 10.4 Å². The van der Waals surface area contributed by atoms with Gasteiger partial charge in [-0.15, -0.1) is 5.10 Å². The van der Waals surface area contributed by atoms with Crippen LogP contribution in [0.25, 0.3) is 0 Å². The average Bonchev–Trinajstić information content (AvgIpc) is 2.77. The lowest BCUT2D eigenvalue weighted by Crippen LogP contribution is -2.02. The van der Waals surface area contributed by atoms with Gasteiger partial charge in [-0.2, -0.15) is 0 Å². The molecule has 6 heteroatoms. The lowest BCUT2D eigenvalue weighted by atomic mass is 10.2. The van der Waals surface area contributed by atoms with E-state index in [0.29, 0.717) is 31.4 Å². The Hall–Kier alpha value is -1.95. The second-order valence-electron chi connectivity index (χ2n) is 3.52. The molecule has 0 saturated carbocycles. The van der Waals surface area contributed by atoms with Crippen LogP contribution >= 0.6 is 0 Å². The van der Waals surface area contributed by atoms with Gasteiger partial charge in [0, 0.05) is 19.5 Å². The third-order valence-corrected chi connectivity index (χ3v) is 2.18. The Bertz CT molecular complexity index is 469. The van der Waals surface area contributed by atoms with Crippen LogP contribution in [0.15, 0.2) is 28.7 Å². The molecule has 2 rings (SSSR count). The summed E-state index contributed by atoms with van der Waals surface area (Å²) in [6.07, 6.45) is 0.561. The molecule has 0 amide bonds. The van der Waals surface area contributed by atoms with Crippen molar-refractivity contribution in [2.45, 2.75) is 13.0 Å². The third kappa shape index (κ3) is 3.25. The first-order valence-electron chi connectivity index (χ1n) is 5.28. The molecule has 2 aromatic rings. The first-order chi connectivity index (χ1) is 8.28. The van der Waals surface area contributed by atoms with Crippen LogP contribution in [0.3, 0.4) is 0 Å². The minimum Gasteiger partial charge on any atom is -0.408 e. The summed E-state index contributed by atoms with van der Waals surface area (Å²) in [7, 11) is 0. The predicted molar refractivity (Wildman–Crippen MR) is 60.8 cm³/mol. The molecule has 5 nitrogen and oxygen atoms in total. The number of rotatable bonds is 5. The van der Waals surface area contributed by atoms with Crippen LogP contribution in [0, 0.1) is 5.82 Å². The van der Waals surface area contributed by atoms with Gasteiger partial charge in [0.05, 0.1) is 0 Å². The van der Waals surface area contributed by atoms with Crippen LogP contribution in [-0.4, -0.2) is 16.7 Å². The zero-order chi connectivity index (χ0) is 12.1. The molecule has 1 heterocycles. The van der Waals surface area contributed by atoms with Gasteiger partial charge in [0.1, 0.15) is 5.82 Å². The monoisotopic (exact) mass is 236 g/mol. The number of hydrogen-bond donors (Lipinski definition) is 2. The van der Waals surface area contributed by atoms with E-state index in [2.05, 4.69) is 15.5 Å². The summed E-state index contributed by atoms with van der Waals surface area (Å²) < 4.78 is 17.9. The molecule has 0 bridgehead atoms. The maximum Gasteiger partial charge on any atom is 0.315 e. The fraction of sp³-hybridized carbons (Fsp3) is 0.273. The Balaban J connectivity index is 1.90. The average molecular weight is 236 g/mol. The maximum absolute atomic E-state index is 12.7. The number of aromatic nitrogens is 2. The van der Waals surface area contributed by atoms with E-state index in [1.54, 1.807) is 12.1 Å². The van der Waals surface area contributed by atoms with Gasteiger partial charge in [0.25, 0.3) is 0 Å². The van der Waals surface area contributed by atoms with Crippen LogP contribution in [0.1, 0.15) is 11.5 Å². The molecular formula is C11H13FN4O. The predicted octanol–water partition coefficient (Wildman–Crippen LogP) is 1.32. The van der Waals surface area contributed by atoms with Crippen molar-refractivity contribution in [1.82, 2.24) is 10.2 Å². The van der Waals surface area contributed by atoms with E-state index in [1.807, 2.05) is 0 Å². The number of nitrogens with zero attached hydrogens (tertiary/aromatic N) is 2. The zero-order valence-electron chi connectivity index (χ0n) is 9.19. The minimum absolute atomic E-state index is 0.253. The molecule has 1 aromatic heterocycles. The molecule has 1 aromatic carbocycles. The molecule has 0 spiro atoms. The molecule has 3 N–H and O–H groups in total. The Morgan fingerprint density at radius 2 is 2.00 bits per heavy atom. The molecule has 17 heavy (non-hydrogen) atoms. The summed E-state index contributed by atoms with van der Waals surface area (Å²) in [6.45, 7) is 0.976. The summed E-state index contributed by atoms with van der Waals surface area (Å²) in [5, 5.41) is 10.6. The Morgan fingerprint density at radius 1 is 1.24 bits per heavy atom. The van der Waals surface area contributed by atoms with E-state index in [1.165, 1.54) is 12.1 Å². The van der Waals surface area contributed by atoms with Gasteiger partial charge in [0.15, 0.2) is 0 Å². The molecule has 0 saturated heterocycles. The third-order valence-electron chi connectivity index (χ3n) is 2.18. The molecular weight excluding hydrogens is 223 g/mol. The summed E-state index contributed by atoms with van der Waals surface area (Å²) in [4.78, 5) is 0. The van der Waals surface area contributed by atoms with Crippen LogP contribution in [0.5, 0.6) is 0 Å². The van der Waals surface area contributed by atoms with Gasteiger partial charge in [-0.25, -0.2) is 4.39 Å². The quantitative estimate of drug-likeness (QED) is 0.818. The minimum atomic E-state index is -0.253. The van der Waals surface area contributed by atoms with E-state index in [9.17, 15) is 4.39 Å². The van der Waals surface area contributed by atoms with Crippen molar-refractivity contribution in [1.29, 1.82) is 0 Å². The lowest BCUT2D eigenvalue weighted by molar-refractivity contribution is 0.505. The molecule has 0 aliphatic heterocycles. The van der Waals surface area contributed by atoms with Crippen molar-refractivity contribution >= 4 is 6.01 Å². The standard InChI is InChI=1S/C11H13FN4O/c12-9-3-1-8(2-4-9)7-14-11-16-15-10(17-11)5-6-13/h1-4H,5-7,13H2,(H,14,16). The van der Waals surface area contributed by atoms with E-state index in [4.69, 9.17) is 10.2 Å². The van der Waals surface area contributed by atoms with E-state index >= 15 is 0 Å². The van der Waals surface area contributed by atoms with Crippen molar-refractivity contribution in [2.24, 2.45) is 5.73 Å². The zero-order valence-corrected chi connectivity index (χ0v) is 9.19. The number of anilines is 1. The fourth-order valence-corrected chi connectivity index (χ4v) is 1.33. The smallest absolute Gasteiger partial charge is 0.315 e. The van der Waals surface area contributed by atoms with Crippen molar-refractivity contribution in [3.63, 3.8) is 0 Å². The first kappa shape index (κ1) is 11.5. The van der Waals surface area contributed by atoms with Crippen LogP contribution in [-0.2, 0) is 13.0 Å². The SMILES string of the molecule is NCCc1nnc(NCc2ccc(F)cc2)o1. The number of halogens is 1. The summed E-state index contributed by atoms with van der Waals surface area (Å²) in [5.41, 5.74) is 6.30. The number of nitrogens with two attached hydrogens (primary N) is 1. The van der Waals surface area contributed by atoms with Crippen molar-refractivity contribution in [2.75, 3.05) is 11.9 Å². The van der Waals surface area contributed by atoms with Crippen molar-refractivity contribution in [3.05, 3.63) is 41.5 Å². The molecule has 0 aliphatic carbocycles. The topological polar surface area (TPSA) is 77.0 Å². The number of benzene rings is 1. The Morgan fingerprint density at radius 3 is 2.71 bits per heavy atom. The highest BCUT2D eigenvalue weighted by Gasteiger charge is 2.04. The highest BCUT2D eigenvalue weighted by Crippen LogP contribution is 2.08. The van der Waals surface area contributed by atoms with E-state index in [-0.39, 0.29) is 5.82 Å². The van der Waals surface area contributed by atoms with Gasteiger partial charge in [-0.3, -0.25) is 0 Å². The highest BCUT2D eigenvalue weighted by atomic mass is 19.1. The summed E-state index contributed by atoms with van der Waals surface area (Å²) >= 11 is 0. The maximum atomic E-state index is 12.7. The van der Waals surface area contributed by atoms with Gasteiger partial charge in [-0.05, 0) is 17.7 Å². The molecule has 0 fully saturated rings. The molecule has 0 unspecified atom stereocenters. The number of hydrogen-bond acceptors (Lipinski definition) is 5. The van der Waals surface area contributed by atoms with E-state index < -0.39 is 0 Å². The van der Waals surface area contributed by atoms with Gasteiger partial charge >= 0.3 is 6.01 Å². The van der Waals surface area contributed by atoms with Crippen LogP contribution in [0.2, 0.25) is 0 Å². The highest BCUT2D eigenvalue weighted by molar-refractivity contribution is 5.23. The van der Waals surface area contributed by atoms with Gasteiger partial charge in [0.2, 0.25) is 5.89 Å². The summed E-state index contributed by atoms with van der Waals surface area (Å²) in [6, 6.07) is 6.55. The lowest BCUT2D eigenvalue weighted by Gasteiger charge is -2.00. The Labute approximate surface area is 97.8 Å². The molecule has 90 valence electrons. The van der Waals surface area contributed by atoms with Crippen molar-refractivity contribution < 1.29 is 8.81 Å². The second kappa shape index (κ2) is 5.40. The van der Waals surface area contributed by atoms with Crippen LogP contribution < -0.4 is 11.1 Å². The first-order valence-corrected chi connectivity index (χ1v) is 5.28.